The Morgan fingerprint density at radius 2 is 2.21 bits per heavy atom. The summed E-state index contributed by atoms with van der Waals surface area (Å²) >= 11 is 0. The number of Topliss-reactive ketones (excluding diaryl/α,β-unsaturated/α-hetero) is 1. The van der Waals surface area contributed by atoms with Gasteiger partial charge in [-0.3, -0.25) is 4.79 Å². The SMILES string of the molecule is CC(C)=CC[C@@]1(C)CCC=C(C)C1=O. The summed E-state index contributed by atoms with van der Waals surface area (Å²) in [5.41, 5.74) is 2.10. The van der Waals surface area contributed by atoms with Crippen LogP contribution in [0.15, 0.2) is 23.3 Å². The summed E-state index contributed by atoms with van der Waals surface area (Å²) in [5.74, 6) is 0.334. The molecule has 1 aliphatic rings. The van der Waals surface area contributed by atoms with Crippen LogP contribution in [-0.4, -0.2) is 5.78 Å². The lowest BCUT2D eigenvalue weighted by Gasteiger charge is -2.30. The van der Waals surface area contributed by atoms with Gasteiger partial charge in [0.25, 0.3) is 0 Å². The molecular formula is C13H20O. The van der Waals surface area contributed by atoms with Gasteiger partial charge in [0.15, 0.2) is 5.78 Å². The van der Waals surface area contributed by atoms with Gasteiger partial charge in [-0.15, -0.1) is 0 Å². The van der Waals surface area contributed by atoms with Crippen molar-refractivity contribution in [1.82, 2.24) is 0 Å². The number of hydrogen-bond acceptors (Lipinski definition) is 1. The first-order valence-corrected chi connectivity index (χ1v) is 5.31. The van der Waals surface area contributed by atoms with Crippen molar-refractivity contribution in [2.45, 2.75) is 47.0 Å². The molecule has 0 saturated carbocycles. The Balaban J connectivity index is 2.80. The second-order valence-corrected chi connectivity index (χ2v) is 4.80. The summed E-state index contributed by atoms with van der Waals surface area (Å²) < 4.78 is 0. The van der Waals surface area contributed by atoms with Crippen LogP contribution in [0, 0.1) is 5.41 Å². The van der Waals surface area contributed by atoms with Gasteiger partial charge >= 0.3 is 0 Å². The molecule has 1 heteroatoms. The molecule has 0 aromatic rings. The fraction of sp³-hybridized carbons (Fsp3) is 0.615. The summed E-state index contributed by atoms with van der Waals surface area (Å²) in [7, 11) is 0. The first-order chi connectivity index (χ1) is 6.46. The van der Waals surface area contributed by atoms with Crippen LogP contribution in [0.2, 0.25) is 0 Å². The second-order valence-electron chi connectivity index (χ2n) is 4.80. The number of allylic oxidation sites excluding steroid dienone is 4. The molecule has 1 atom stereocenters. The van der Waals surface area contributed by atoms with Gasteiger partial charge in [0, 0.05) is 5.41 Å². The van der Waals surface area contributed by atoms with E-state index in [1.807, 2.05) is 6.92 Å². The van der Waals surface area contributed by atoms with E-state index in [4.69, 9.17) is 0 Å². The Bertz CT molecular complexity index is 292. The predicted octanol–water partition coefficient (Wildman–Crippen LogP) is 3.66. The van der Waals surface area contributed by atoms with Crippen LogP contribution >= 0.6 is 0 Å². The van der Waals surface area contributed by atoms with Crippen LogP contribution in [0.3, 0.4) is 0 Å². The predicted molar refractivity (Wildman–Crippen MR) is 60.2 cm³/mol. The normalized spacial score (nSPS) is 27.1. The van der Waals surface area contributed by atoms with Crippen LogP contribution < -0.4 is 0 Å². The highest BCUT2D eigenvalue weighted by atomic mass is 16.1. The highest BCUT2D eigenvalue weighted by molar-refractivity contribution is 5.99. The quantitative estimate of drug-likeness (QED) is 0.610. The van der Waals surface area contributed by atoms with Crippen molar-refractivity contribution in [1.29, 1.82) is 0 Å². The molecule has 0 aliphatic heterocycles. The third-order valence-corrected chi connectivity index (χ3v) is 3.01. The maximum atomic E-state index is 12.0. The van der Waals surface area contributed by atoms with Crippen LogP contribution in [-0.2, 0) is 4.79 Å². The molecule has 0 fully saturated rings. The topological polar surface area (TPSA) is 17.1 Å². The van der Waals surface area contributed by atoms with Crippen LogP contribution in [0.4, 0.5) is 0 Å². The summed E-state index contributed by atoms with van der Waals surface area (Å²) in [4.78, 5) is 12.0. The van der Waals surface area contributed by atoms with Crippen molar-refractivity contribution in [2.75, 3.05) is 0 Å². The van der Waals surface area contributed by atoms with E-state index in [0.29, 0.717) is 5.78 Å². The third kappa shape index (κ3) is 2.34. The number of ketones is 1. The van der Waals surface area contributed by atoms with Gasteiger partial charge in [-0.25, -0.2) is 0 Å². The highest BCUT2D eigenvalue weighted by Crippen LogP contribution is 2.36. The number of carbonyl (C=O) groups excluding carboxylic acids is 1. The zero-order chi connectivity index (χ0) is 10.8. The van der Waals surface area contributed by atoms with E-state index >= 15 is 0 Å². The molecule has 14 heavy (non-hydrogen) atoms. The standard InChI is InChI=1S/C13H20O/c1-10(2)7-9-13(4)8-5-6-11(3)12(13)14/h6-7H,5,8-9H2,1-4H3/t13-/m1/s1. The van der Waals surface area contributed by atoms with Gasteiger partial charge in [-0.1, -0.05) is 24.6 Å². The van der Waals surface area contributed by atoms with Gasteiger partial charge in [0.1, 0.15) is 0 Å². The fourth-order valence-corrected chi connectivity index (χ4v) is 1.91. The average Bonchev–Trinajstić information content (AvgIpc) is 2.11. The molecule has 0 amide bonds. The average molecular weight is 192 g/mol. The largest absolute Gasteiger partial charge is 0.294 e. The van der Waals surface area contributed by atoms with Gasteiger partial charge in [0.05, 0.1) is 0 Å². The fourth-order valence-electron chi connectivity index (χ4n) is 1.91. The zero-order valence-electron chi connectivity index (χ0n) is 9.68. The molecule has 1 aliphatic carbocycles. The van der Waals surface area contributed by atoms with E-state index in [9.17, 15) is 4.79 Å². The van der Waals surface area contributed by atoms with Crippen molar-refractivity contribution < 1.29 is 4.79 Å². The first kappa shape index (κ1) is 11.2. The molecule has 0 bridgehead atoms. The minimum atomic E-state index is -0.143. The van der Waals surface area contributed by atoms with E-state index in [-0.39, 0.29) is 5.41 Å². The monoisotopic (exact) mass is 192 g/mol. The molecule has 0 saturated heterocycles. The second kappa shape index (κ2) is 4.12. The minimum absolute atomic E-state index is 0.143. The molecule has 0 radical (unpaired) electrons. The lowest BCUT2D eigenvalue weighted by Crippen LogP contribution is -2.30. The van der Waals surface area contributed by atoms with Crippen LogP contribution in [0.1, 0.15) is 47.0 Å². The summed E-state index contributed by atoms with van der Waals surface area (Å²) in [6.45, 7) is 8.19. The third-order valence-electron chi connectivity index (χ3n) is 3.01. The number of rotatable bonds is 2. The van der Waals surface area contributed by atoms with Crippen LogP contribution in [0.5, 0.6) is 0 Å². The zero-order valence-corrected chi connectivity index (χ0v) is 9.68. The van der Waals surface area contributed by atoms with Gasteiger partial charge < -0.3 is 0 Å². The van der Waals surface area contributed by atoms with E-state index in [1.165, 1.54) is 5.57 Å². The Labute approximate surface area is 86.9 Å². The Morgan fingerprint density at radius 1 is 1.57 bits per heavy atom. The molecule has 0 aromatic heterocycles. The summed E-state index contributed by atoms with van der Waals surface area (Å²) in [5, 5.41) is 0. The molecule has 1 nitrogen and oxygen atoms in total. The van der Waals surface area contributed by atoms with Gasteiger partial charge in [-0.05, 0) is 45.6 Å². The molecule has 0 spiro atoms. The van der Waals surface area contributed by atoms with E-state index < -0.39 is 0 Å². The van der Waals surface area contributed by atoms with Crippen molar-refractivity contribution in [3.8, 4) is 0 Å². The number of hydrogen-bond donors (Lipinski definition) is 0. The molecule has 0 heterocycles. The van der Waals surface area contributed by atoms with Gasteiger partial charge in [-0.2, -0.15) is 0 Å². The van der Waals surface area contributed by atoms with E-state index in [0.717, 1.165) is 24.8 Å². The highest BCUT2D eigenvalue weighted by Gasteiger charge is 2.34. The molecule has 78 valence electrons. The van der Waals surface area contributed by atoms with Crippen molar-refractivity contribution >= 4 is 5.78 Å². The van der Waals surface area contributed by atoms with Crippen LogP contribution in [0.25, 0.3) is 0 Å². The Kier molecular flexibility index (Phi) is 3.30. The Morgan fingerprint density at radius 3 is 2.79 bits per heavy atom. The summed E-state index contributed by atoms with van der Waals surface area (Å²) in [6, 6.07) is 0. The molecule has 0 N–H and O–H groups in total. The van der Waals surface area contributed by atoms with Crippen molar-refractivity contribution in [2.24, 2.45) is 5.41 Å². The lowest BCUT2D eigenvalue weighted by atomic mass is 9.72. The molecule has 0 aromatic carbocycles. The maximum Gasteiger partial charge on any atom is 0.164 e. The van der Waals surface area contributed by atoms with Crippen molar-refractivity contribution in [3.05, 3.63) is 23.3 Å². The number of carbonyl (C=O) groups is 1. The smallest absolute Gasteiger partial charge is 0.164 e. The van der Waals surface area contributed by atoms with Crippen molar-refractivity contribution in [3.63, 3.8) is 0 Å². The van der Waals surface area contributed by atoms with E-state index in [2.05, 4.69) is 32.9 Å². The van der Waals surface area contributed by atoms with E-state index in [1.54, 1.807) is 0 Å². The maximum absolute atomic E-state index is 12.0. The Hall–Kier alpha value is -0.850. The molecular weight excluding hydrogens is 172 g/mol. The first-order valence-electron chi connectivity index (χ1n) is 5.31. The van der Waals surface area contributed by atoms with Gasteiger partial charge in [0.2, 0.25) is 0 Å². The lowest BCUT2D eigenvalue weighted by molar-refractivity contribution is -0.124. The molecule has 0 unspecified atom stereocenters. The minimum Gasteiger partial charge on any atom is -0.294 e. The molecule has 1 rings (SSSR count). The summed E-state index contributed by atoms with van der Waals surface area (Å²) in [6.07, 6.45) is 7.17.